The summed E-state index contributed by atoms with van der Waals surface area (Å²) >= 11 is 0. The van der Waals surface area contributed by atoms with Gasteiger partial charge in [0.2, 0.25) is 0 Å². The van der Waals surface area contributed by atoms with E-state index in [4.69, 9.17) is 9.47 Å². The summed E-state index contributed by atoms with van der Waals surface area (Å²) in [7, 11) is 0. The van der Waals surface area contributed by atoms with Crippen LogP contribution in [0.15, 0.2) is 48.5 Å². The second-order valence-electron chi connectivity index (χ2n) is 7.71. The number of piperidine rings is 1. The molecule has 158 valence electrons. The number of hydrogen-bond donors (Lipinski definition) is 0. The van der Waals surface area contributed by atoms with Gasteiger partial charge in [0.1, 0.15) is 11.5 Å². The van der Waals surface area contributed by atoms with E-state index >= 15 is 0 Å². The molecule has 0 saturated carbocycles. The van der Waals surface area contributed by atoms with Crippen LogP contribution in [-0.4, -0.2) is 41.3 Å². The SMILES string of the molecule is CC(=O)c1ccc(OC(=O)c2ccc(OCC(=O)N3[C@@H](C)CCC[C@@H]3C)cc2)cc1. The molecule has 0 N–H and O–H groups in total. The van der Waals surface area contributed by atoms with Gasteiger partial charge in [-0.2, -0.15) is 0 Å². The van der Waals surface area contributed by atoms with E-state index in [1.165, 1.54) is 6.92 Å². The Balaban J connectivity index is 1.54. The van der Waals surface area contributed by atoms with Crippen LogP contribution in [0.25, 0.3) is 0 Å². The molecule has 1 saturated heterocycles. The van der Waals surface area contributed by atoms with Gasteiger partial charge in [-0.15, -0.1) is 0 Å². The Labute approximate surface area is 176 Å². The van der Waals surface area contributed by atoms with E-state index in [-0.39, 0.29) is 30.4 Å². The van der Waals surface area contributed by atoms with Crippen molar-refractivity contribution in [2.45, 2.75) is 52.1 Å². The Kier molecular flexibility index (Phi) is 6.87. The van der Waals surface area contributed by atoms with Crippen molar-refractivity contribution >= 4 is 17.7 Å². The molecule has 1 aliphatic rings. The molecular formula is C24H27NO5. The third-order valence-electron chi connectivity index (χ3n) is 5.41. The number of ether oxygens (including phenoxy) is 2. The predicted octanol–water partition coefficient (Wildman–Crippen LogP) is 4.28. The Morgan fingerprint density at radius 3 is 1.97 bits per heavy atom. The summed E-state index contributed by atoms with van der Waals surface area (Å²) in [4.78, 5) is 38.1. The minimum Gasteiger partial charge on any atom is -0.484 e. The zero-order valence-electron chi connectivity index (χ0n) is 17.6. The van der Waals surface area contributed by atoms with Crippen LogP contribution in [0.1, 0.15) is 60.7 Å². The molecule has 6 heteroatoms. The fourth-order valence-electron chi connectivity index (χ4n) is 3.74. The third-order valence-corrected chi connectivity index (χ3v) is 5.41. The summed E-state index contributed by atoms with van der Waals surface area (Å²) in [6, 6.07) is 13.3. The van der Waals surface area contributed by atoms with Gasteiger partial charge in [-0.25, -0.2) is 4.79 Å². The Morgan fingerprint density at radius 1 is 0.867 bits per heavy atom. The van der Waals surface area contributed by atoms with Crippen molar-refractivity contribution in [3.05, 3.63) is 59.7 Å². The largest absolute Gasteiger partial charge is 0.484 e. The number of rotatable bonds is 6. The molecule has 0 aromatic heterocycles. The van der Waals surface area contributed by atoms with E-state index in [1.807, 2.05) is 4.90 Å². The Hall–Kier alpha value is -3.15. The number of Topliss-reactive ketones (excluding diaryl/α,β-unsaturated/α-hetero) is 1. The molecule has 1 aliphatic heterocycles. The van der Waals surface area contributed by atoms with Crippen LogP contribution in [0.5, 0.6) is 11.5 Å². The molecule has 6 nitrogen and oxygen atoms in total. The molecule has 0 aliphatic carbocycles. The second kappa shape index (κ2) is 9.57. The van der Waals surface area contributed by atoms with Crippen molar-refractivity contribution in [1.29, 1.82) is 0 Å². The molecule has 1 amide bonds. The first kappa shape index (κ1) is 21.6. The number of esters is 1. The molecule has 30 heavy (non-hydrogen) atoms. The highest BCUT2D eigenvalue weighted by Crippen LogP contribution is 2.23. The lowest BCUT2D eigenvalue weighted by Crippen LogP contribution is -2.49. The summed E-state index contributed by atoms with van der Waals surface area (Å²) in [5, 5.41) is 0. The molecular weight excluding hydrogens is 382 g/mol. The van der Waals surface area contributed by atoms with Gasteiger partial charge in [0.05, 0.1) is 5.56 Å². The van der Waals surface area contributed by atoms with Gasteiger partial charge in [-0.05, 0) is 88.6 Å². The van der Waals surface area contributed by atoms with Crippen molar-refractivity contribution in [3.8, 4) is 11.5 Å². The van der Waals surface area contributed by atoms with Crippen molar-refractivity contribution in [3.63, 3.8) is 0 Å². The fraction of sp³-hybridized carbons (Fsp3) is 0.375. The summed E-state index contributed by atoms with van der Waals surface area (Å²) in [5.41, 5.74) is 0.918. The first-order valence-corrected chi connectivity index (χ1v) is 10.2. The number of carbonyl (C=O) groups is 3. The van der Waals surface area contributed by atoms with Crippen molar-refractivity contribution < 1.29 is 23.9 Å². The molecule has 2 atom stereocenters. The maximum absolute atomic E-state index is 12.5. The Morgan fingerprint density at radius 2 is 1.40 bits per heavy atom. The van der Waals surface area contributed by atoms with Crippen LogP contribution < -0.4 is 9.47 Å². The van der Waals surface area contributed by atoms with E-state index in [2.05, 4.69) is 13.8 Å². The average molecular weight is 409 g/mol. The quantitative estimate of drug-likeness (QED) is 0.405. The van der Waals surface area contributed by atoms with Gasteiger partial charge in [0, 0.05) is 17.6 Å². The van der Waals surface area contributed by atoms with Crippen LogP contribution in [-0.2, 0) is 4.79 Å². The van der Waals surface area contributed by atoms with Gasteiger partial charge in [-0.1, -0.05) is 0 Å². The molecule has 0 spiro atoms. The lowest BCUT2D eigenvalue weighted by molar-refractivity contribution is -0.139. The second-order valence-corrected chi connectivity index (χ2v) is 7.71. The van der Waals surface area contributed by atoms with E-state index in [0.717, 1.165) is 19.3 Å². The van der Waals surface area contributed by atoms with Gasteiger partial charge >= 0.3 is 5.97 Å². The molecule has 0 bridgehead atoms. The first-order valence-electron chi connectivity index (χ1n) is 10.2. The van der Waals surface area contributed by atoms with Gasteiger partial charge in [0.25, 0.3) is 5.91 Å². The van der Waals surface area contributed by atoms with Crippen molar-refractivity contribution in [2.24, 2.45) is 0 Å². The maximum Gasteiger partial charge on any atom is 0.343 e. The summed E-state index contributed by atoms with van der Waals surface area (Å²) in [6.45, 7) is 5.59. The minimum atomic E-state index is -0.510. The minimum absolute atomic E-state index is 0.0211. The number of likely N-dealkylation sites (tertiary alicyclic amines) is 1. The molecule has 1 heterocycles. The third kappa shape index (κ3) is 5.26. The van der Waals surface area contributed by atoms with Crippen LogP contribution in [0.2, 0.25) is 0 Å². The normalized spacial score (nSPS) is 18.6. The molecule has 0 unspecified atom stereocenters. The highest BCUT2D eigenvalue weighted by molar-refractivity contribution is 5.94. The highest BCUT2D eigenvalue weighted by atomic mass is 16.5. The molecule has 2 aromatic rings. The average Bonchev–Trinajstić information content (AvgIpc) is 2.73. The first-order chi connectivity index (χ1) is 14.3. The van der Waals surface area contributed by atoms with E-state index in [0.29, 0.717) is 22.6 Å². The summed E-state index contributed by atoms with van der Waals surface area (Å²) in [5.74, 6) is 0.297. The Bertz CT molecular complexity index is 894. The zero-order chi connectivity index (χ0) is 21.7. The van der Waals surface area contributed by atoms with Gasteiger partial charge < -0.3 is 14.4 Å². The van der Waals surface area contributed by atoms with Crippen LogP contribution in [0.3, 0.4) is 0 Å². The maximum atomic E-state index is 12.5. The van der Waals surface area contributed by atoms with Gasteiger partial charge in [0.15, 0.2) is 12.4 Å². The van der Waals surface area contributed by atoms with Gasteiger partial charge in [-0.3, -0.25) is 9.59 Å². The van der Waals surface area contributed by atoms with Crippen molar-refractivity contribution in [1.82, 2.24) is 4.90 Å². The van der Waals surface area contributed by atoms with Crippen LogP contribution in [0, 0.1) is 0 Å². The molecule has 1 fully saturated rings. The summed E-state index contributed by atoms with van der Waals surface area (Å²) < 4.78 is 11.0. The number of amides is 1. The summed E-state index contributed by atoms with van der Waals surface area (Å²) in [6.07, 6.45) is 3.18. The molecule has 2 aromatic carbocycles. The predicted molar refractivity (Wildman–Crippen MR) is 113 cm³/mol. The lowest BCUT2D eigenvalue weighted by atomic mass is 9.97. The number of benzene rings is 2. The monoisotopic (exact) mass is 409 g/mol. The fourth-order valence-corrected chi connectivity index (χ4v) is 3.74. The number of hydrogen-bond acceptors (Lipinski definition) is 5. The van der Waals surface area contributed by atoms with E-state index in [9.17, 15) is 14.4 Å². The van der Waals surface area contributed by atoms with Crippen LogP contribution >= 0.6 is 0 Å². The van der Waals surface area contributed by atoms with Crippen LogP contribution in [0.4, 0.5) is 0 Å². The highest BCUT2D eigenvalue weighted by Gasteiger charge is 2.28. The van der Waals surface area contributed by atoms with E-state index < -0.39 is 5.97 Å². The zero-order valence-corrected chi connectivity index (χ0v) is 17.6. The molecule has 0 radical (unpaired) electrons. The smallest absolute Gasteiger partial charge is 0.343 e. The topological polar surface area (TPSA) is 72.9 Å². The molecule has 3 rings (SSSR count). The number of carbonyl (C=O) groups excluding carboxylic acids is 3. The van der Waals surface area contributed by atoms with E-state index in [1.54, 1.807) is 48.5 Å². The number of ketones is 1. The van der Waals surface area contributed by atoms with Crippen molar-refractivity contribution in [2.75, 3.05) is 6.61 Å². The standard InChI is InChI=1S/C24H27NO5/c1-16-5-4-6-17(2)25(16)23(27)15-29-21-11-9-20(10-12-21)24(28)30-22-13-7-19(8-14-22)18(3)26/h7-14,16-17H,4-6,15H2,1-3H3/t16-,17-/m0/s1. The lowest BCUT2D eigenvalue weighted by Gasteiger charge is -2.38. The number of nitrogens with zero attached hydrogens (tertiary/aromatic N) is 1.